The molecule has 0 aromatic heterocycles. The lowest BCUT2D eigenvalue weighted by Crippen LogP contribution is -2.26. The van der Waals surface area contributed by atoms with Crippen molar-refractivity contribution in [3.05, 3.63) is 0 Å². The Morgan fingerprint density at radius 2 is 2.07 bits per heavy atom. The van der Waals surface area contributed by atoms with Crippen LogP contribution >= 0.6 is 0 Å². The Morgan fingerprint density at radius 3 is 2.60 bits per heavy atom. The summed E-state index contributed by atoms with van der Waals surface area (Å²) in [4.78, 5) is 22.5. The first kappa shape index (κ1) is 10.5. The number of hydrogen-bond donors (Lipinski definition) is 0. The van der Waals surface area contributed by atoms with Crippen LogP contribution in [0, 0.1) is 17.8 Å². The number of ether oxygens (including phenoxy) is 2. The smallest absolute Gasteiger partial charge is 0.434 e. The van der Waals surface area contributed by atoms with E-state index in [1.165, 1.54) is 6.42 Å². The largest absolute Gasteiger partial charge is 0.516 e. The van der Waals surface area contributed by atoms with Crippen LogP contribution in [0.5, 0.6) is 0 Å². The van der Waals surface area contributed by atoms with Gasteiger partial charge in [0.25, 0.3) is 0 Å². The first-order valence-electron chi connectivity index (χ1n) is 5.59. The van der Waals surface area contributed by atoms with Crippen molar-refractivity contribution < 1.29 is 19.1 Å². The lowest BCUT2D eigenvalue weighted by molar-refractivity contribution is -0.146. The average molecular weight is 212 g/mol. The van der Waals surface area contributed by atoms with E-state index in [0.717, 1.165) is 19.3 Å². The van der Waals surface area contributed by atoms with E-state index < -0.39 is 6.16 Å². The molecule has 3 atom stereocenters. The highest BCUT2D eigenvalue weighted by molar-refractivity contribution is 5.83. The molecule has 0 aliphatic heterocycles. The van der Waals surface area contributed by atoms with E-state index in [-0.39, 0.29) is 18.5 Å². The lowest BCUT2D eigenvalue weighted by Gasteiger charge is -2.18. The quantitative estimate of drug-likeness (QED) is 0.519. The maximum absolute atomic E-state index is 11.6. The predicted octanol–water partition coefficient (Wildman–Crippen LogP) is 2.12. The van der Waals surface area contributed by atoms with E-state index in [0.29, 0.717) is 11.8 Å². The first-order valence-corrected chi connectivity index (χ1v) is 5.59. The van der Waals surface area contributed by atoms with Crippen LogP contribution in [0.2, 0.25) is 0 Å². The molecule has 0 N–H and O–H groups in total. The van der Waals surface area contributed by atoms with Gasteiger partial charge in [0.1, 0.15) is 0 Å². The molecule has 0 radical (unpaired) electrons. The second-order valence-corrected chi connectivity index (χ2v) is 4.39. The molecule has 0 amide bonds. The highest BCUT2D eigenvalue weighted by Crippen LogP contribution is 2.48. The number of rotatable bonds is 2. The van der Waals surface area contributed by atoms with E-state index in [9.17, 15) is 9.59 Å². The van der Waals surface area contributed by atoms with Gasteiger partial charge >= 0.3 is 12.1 Å². The van der Waals surface area contributed by atoms with E-state index in [2.05, 4.69) is 9.47 Å². The number of fused-ring (bicyclic) bond motifs is 2. The van der Waals surface area contributed by atoms with Crippen molar-refractivity contribution in [2.24, 2.45) is 17.8 Å². The lowest BCUT2D eigenvalue weighted by atomic mass is 9.89. The van der Waals surface area contributed by atoms with Crippen LogP contribution in [0.4, 0.5) is 4.79 Å². The molecule has 2 bridgehead atoms. The standard InChI is InChI=1S/C11H16O4/c1-2-14-11(13)15-10(12)9-6-7-3-4-8(9)5-7/h7-9H,2-6H2,1H3/t7-,8+,9+/m1/s1. The van der Waals surface area contributed by atoms with Crippen molar-refractivity contribution in [3.63, 3.8) is 0 Å². The third-order valence-electron chi connectivity index (χ3n) is 3.49. The number of carbonyl (C=O) groups excluding carboxylic acids is 2. The van der Waals surface area contributed by atoms with Gasteiger partial charge in [-0.1, -0.05) is 6.42 Å². The van der Waals surface area contributed by atoms with Crippen LogP contribution in [-0.4, -0.2) is 18.7 Å². The summed E-state index contributed by atoms with van der Waals surface area (Å²) in [5, 5.41) is 0. The van der Waals surface area contributed by atoms with Crippen LogP contribution in [0.25, 0.3) is 0 Å². The highest BCUT2D eigenvalue weighted by Gasteiger charge is 2.44. The molecular formula is C11H16O4. The third-order valence-corrected chi connectivity index (χ3v) is 3.49. The molecular weight excluding hydrogens is 196 g/mol. The molecule has 4 nitrogen and oxygen atoms in total. The zero-order valence-electron chi connectivity index (χ0n) is 8.90. The van der Waals surface area contributed by atoms with Crippen LogP contribution in [0.3, 0.4) is 0 Å². The third kappa shape index (κ3) is 2.13. The molecule has 0 spiro atoms. The summed E-state index contributed by atoms with van der Waals surface area (Å²) in [6, 6.07) is 0. The molecule has 2 saturated carbocycles. The van der Waals surface area contributed by atoms with Crippen molar-refractivity contribution in [1.29, 1.82) is 0 Å². The zero-order valence-corrected chi connectivity index (χ0v) is 8.90. The van der Waals surface area contributed by atoms with Gasteiger partial charge in [-0.3, -0.25) is 4.79 Å². The fourth-order valence-electron chi connectivity index (χ4n) is 2.84. The van der Waals surface area contributed by atoms with Gasteiger partial charge in [-0.15, -0.1) is 0 Å². The van der Waals surface area contributed by atoms with Crippen LogP contribution in [-0.2, 0) is 14.3 Å². The summed E-state index contributed by atoms with van der Waals surface area (Å²) < 4.78 is 9.20. The molecule has 84 valence electrons. The SMILES string of the molecule is CCOC(=O)OC(=O)[C@H]1C[C@@H]2CC[C@H]1C2. The van der Waals surface area contributed by atoms with Gasteiger partial charge in [-0.25, -0.2) is 4.79 Å². The summed E-state index contributed by atoms with van der Waals surface area (Å²) in [5.74, 6) is 0.667. The molecule has 4 heteroatoms. The van der Waals surface area contributed by atoms with Gasteiger partial charge in [0, 0.05) is 0 Å². The molecule has 0 unspecified atom stereocenters. The molecule has 0 saturated heterocycles. The van der Waals surface area contributed by atoms with Crippen molar-refractivity contribution in [1.82, 2.24) is 0 Å². The van der Waals surface area contributed by atoms with Crippen LogP contribution in [0.1, 0.15) is 32.6 Å². The van der Waals surface area contributed by atoms with Crippen molar-refractivity contribution in [2.75, 3.05) is 6.61 Å². The number of esters is 1. The fraction of sp³-hybridized carbons (Fsp3) is 0.818. The maximum atomic E-state index is 11.6. The van der Waals surface area contributed by atoms with E-state index >= 15 is 0 Å². The summed E-state index contributed by atoms with van der Waals surface area (Å²) in [6.07, 6.45) is 3.50. The number of hydrogen-bond acceptors (Lipinski definition) is 4. The van der Waals surface area contributed by atoms with E-state index in [1.807, 2.05) is 0 Å². The predicted molar refractivity (Wildman–Crippen MR) is 52.1 cm³/mol. The molecule has 2 aliphatic carbocycles. The summed E-state index contributed by atoms with van der Waals surface area (Å²) in [6.45, 7) is 1.92. The molecule has 15 heavy (non-hydrogen) atoms. The second-order valence-electron chi connectivity index (χ2n) is 4.39. The average Bonchev–Trinajstić information content (AvgIpc) is 2.78. The topological polar surface area (TPSA) is 52.6 Å². The zero-order chi connectivity index (χ0) is 10.8. The Kier molecular flexibility index (Phi) is 2.93. The normalized spacial score (nSPS) is 32.7. The number of carbonyl (C=O) groups is 2. The van der Waals surface area contributed by atoms with Crippen LogP contribution in [0.15, 0.2) is 0 Å². The van der Waals surface area contributed by atoms with Gasteiger partial charge in [0.05, 0.1) is 12.5 Å². The Bertz CT molecular complexity index is 274. The molecule has 0 aromatic rings. The Morgan fingerprint density at radius 1 is 1.27 bits per heavy atom. The summed E-state index contributed by atoms with van der Waals surface area (Å²) in [7, 11) is 0. The minimum atomic E-state index is -0.856. The first-order chi connectivity index (χ1) is 7.20. The molecule has 0 heterocycles. The molecule has 2 fully saturated rings. The van der Waals surface area contributed by atoms with E-state index in [4.69, 9.17) is 0 Å². The second kappa shape index (κ2) is 4.21. The van der Waals surface area contributed by atoms with Crippen molar-refractivity contribution >= 4 is 12.1 Å². The van der Waals surface area contributed by atoms with Gasteiger partial charge in [0.2, 0.25) is 0 Å². The van der Waals surface area contributed by atoms with Gasteiger partial charge in [-0.2, -0.15) is 0 Å². The van der Waals surface area contributed by atoms with Gasteiger partial charge in [-0.05, 0) is 38.0 Å². The van der Waals surface area contributed by atoms with Crippen LogP contribution < -0.4 is 0 Å². The Balaban J connectivity index is 1.84. The van der Waals surface area contributed by atoms with E-state index in [1.54, 1.807) is 6.92 Å². The summed E-state index contributed by atoms with van der Waals surface area (Å²) >= 11 is 0. The minimum Gasteiger partial charge on any atom is -0.434 e. The molecule has 2 rings (SSSR count). The minimum absolute atomic E-state index is 0.0619. The molecule has 0 aromatic carbocycles. The maximum Gasteiger partial charge on any atom is 0.516 e. The van der Waals surface area contributed by atoms with Gasteiger partial charge < -0.3 is 9.47 Å². The monoisotopic (exact) mass is 212 g/mol. The Labute approximate surface area is 88.9 Å². The highest BCUT2D eigenvalue weighted by atomic mass is 16.7. The molecule has 2 aliphatic rings. The van der Waals surface area contributed by atoms with Crippen molar-refractivity contribution in [3.8, 4) is 0 Å². The van der Waals surface area contributed by atoms with Gasteiger partial charge in [0.15, 0.2) is 0 Å². The fourth-order valence-corrected chi connectivity index (χ4v) is 2.84. The van der Waals surface area contributed by atoms with Crippen molar-refractivity contribution in [2.45, 2.75) is 32.6 Å². The summed E-state index contributed by atoms with van der Waals surface area (Å²) in [5.41, 5.74) is 0. The Hall–Kier alpha value is -1.06.